The molecule has 1 aliphatic rings. The van der Waals surface area contributed by atoms with Crippen LogP contribution in [-0.2, 0) is 17.7 Å². The van der Waals surface area contributed by atoms with Gasteiger partial charge in [-0.1, -0.05) is 6.92 Å². The molecular weight excluding hydrogens is 238 g/mol. The fourth-order valence-electron chi connectivity index (χ4n) is 2.94. The van der Waals surface area contributed by atoms with Crippen LogP contribution in [0.1, 0.15) is 44.5 Å². The predicted octanol–water partition coefficient (Wildman–Crippen LogP) is 2.30. The summed E-state index contributed by atoms with van der Waals surface area (Å²) >= 11 is 0. The fraction of sp³-hybridized carbons (Fsp3) is 0.800. The van der Waals surface area contributed by atoms with Crippen molar-refractivity contribution in [1.29, 1.82) is 0 Å². The highest BCUT2D eigenvalue weighted by Crippen LogP contribution is 2.19. The highest BCUT2D eigenvalue weighted by Gasteiger charge is 2.25. The molecule has 4 nitrogen and oxygen atoms in total. The van der Waals surface area contributed by atoms with Crippen LogP contribution in [0.25, 0.3) is 0 Å². The van der Waals surface area contributed by atoms with Crippen molar-refractivity contribution in [2.75, 3.05) is 13.2 Å². The Morgan fingerprint density at radius 1 is 1.47 bits per heavy atom. The van der Waals surface area contributed by atoms with E-state index < -0.39 is 0 Å². The molecular formula is C15H27N3O. The summed E-state index contributed by atoms with van der Waals surface area (Å²) in [6.07, 6.45) is 5.04. The van der Waals surface area contributed by atoms with E-state index in [-0.39, 0.29) is 0 Å². The van der Waals surface area contributed by atoms with Crippen LogP contribution >= 0.6 is 0 Å². The first-order valence-electron chi connectivity index (χ1n) is 7.62. The van der Waals surface area contributed by atoms with E-state index in [1.54, 1.807) is 0 Å². The maximum absolute atomic E-state index is 5.95. The first kappa shape index (κ1) is 14.5. The lowest BCUT2D eigenvalue weighted by Gasteiger charge is -2.31. The molecule has 1 aromatic rings. The smallest absolute Gasteiger partial charge is 0.0731 e. The summed E-state index contributed by atoms with van der Waals surface area (Å²) in [6, 6.07) is 2.61. The van der Waals surface area contributed by atoms with Gasteiger partial charge in [-0.15, -0.1) is 0 Å². The Bertz CT molecular complexity index is 383. The van der Waals surface area contributed by atoms with Crippen LogP contribution in [0.15, 0.2) is 6.07 Å². The largest absolute Gasteiger partial charge is 0.377 e. The molecule has 0 spiro atoms. The fourth-order valence-corrected chi connectivity index (χ4v) is 2.94. The van der Waals surface area contributed by atoms with Gasteiger partial charge in [0.25, 0.3) is 0 Å². The van der Waals surface area contributed by atoms with Gasteiger partial charge in [-0.3, -0.25) is 4.68 Å². The molecule has 0 radical (unpaired) electrons. The molecule has 0 aliphatic carbocycles. The summed E-state index contributed by atoms with van der Waals surface area (Å²) in [5.41, 5.74) is 2.43. The quantitative estimate of drug-likeness (QED) is 0.858. The Morgan fingerprint density at radius 3 is 2.95 bits per heavy atom. The molecule has 0 amide bonds. The second-order valence-electron chi connectivity index (χ2n) is 5.37. The zero-order valence-electron chi connectivity index (χ0n) is 12.5. The number of nitrogens with one attached hydrogen (secondary N) is 1. The van der Waals surface area contributed by atoms with Crippen molar-refractivity contribution < 1.29 is 4.74 Å². The molecule has 2 rings (SSSR count). The SMILES string of the molecule is CCNC(Cc1cc(C)nn1CC)C1CCCCO1. The number of hydrogen-bond donors (Lipinski definition) is 1. The van der Waals surface area contributed by atoms with Crippen LogP contribution in [0.5, 0.6) is 0 Å². The monoisotopic (exact) mass is 265 g/mol. The molecule has 2 heterocycles. The Balaban J connectivity index is 2.06. The number of aryl methyl sites for hydroxylation is 2. The summed E-state index contributed by atoms with van der Waals surface area (Å²) in [4.78, 5) is 0. The van der Waals surface area contributed by atoms with Crippen molar-refractivity contribution >= 4 is 0 Å². The minimum atomic E-state index is 0.356. The van der Waals surface area contributed by atoms with Gasteiger partial charge in [0.15, 0.2) is 0 Å². The third kappa shape index (κ3) is 3.80. The van der Waals surface area contributed by atoms with E-state index in [1.165, 1.54) is 25.0 Å². The zero-order chi connectivity index (χ0) is 13.7. The number of aromatic nitrogens is 2. The molecule has 2 atom stereocenters. The molecule has 1 fully saturated rings. The lowest BCUT2D eigenvalue weighted by Crippen LogP contribution is -2.44. The van der Waals surface area contributed by atoms with Gasteiger partial charge >= 0.3 is 0 Å². The standard InChI is InChI=1S/C15H27N3O/c1-4-16-14(15-8-6-7-9-19-15)11-13-10-12(3)17-18(13)5-2/h10,14-16H,4-9,11H2,1-3H3. The lowest BCUT2D eigenvalue weighted by molar-refractivity contribution is -0.00746. The summed E-state index contributed by atoms with van der Waals surface area (Å²) in [7, 11) is 0. The number of rotatable bonds is 6. The predicted molar refractivity (Wildman–Crippen MR) is 77.4 cm³/mol. The Hall–Kier alpha value is -0.870. The molecule has 1 saturated heterocycles. The Kier molecular flexibility index (Phi) is 5.40. The molecule has 1 N–H and O–H groups in total. The van der Waals surface area contributed by atoms with Crippen LogP contribution in [-0.4, -0.2) is 35.1 Å². The van der Waals surface area contributed by atoms with Crippen LogP contribution in [0.4, 0.5) is 0 Å². The Morgan fingerprint density at radius 2 is 2.32 bits per heavy atom. The van der Waals surface area contributed by atoms with Crippen molar-refractivity contribution in [2.24, 2.45) is 0 Å². The van der Waals surface area contributed by atoms with E-state index in [0.29, 0.717) is 12.1 Å². The lowest BCUT2D eigenvalue weighted by atomic mass is 9.98. The first-order valence-corrected chi connectivity index (χ1v) is 7.62. The number of nitrogens with zero attached hydrogens (tertiary/aromatic N) is 2. The Labute approximate surface area is 116 Å². The summed E-state index contributed by atoms with van der Waals surface area (Å²) < 4.78 is 8.07. The van der Waals surface area contributed by atoms with E-state index >= 15 is 0 Å². The van der Waals surface area contributed by atoms with E-state index in [1.807, 2.05) is 0 Å². The number of likely N-dealkylation sites (N-methyl/N-ethyl adjacent to an activating group) is 1. The highest BCUT2D eigenvalue weighted by atomic mass is 16.5. The summed E-state index contributed by atoms with van der Waals surface area (Å²) in [5, 5.41) is 8.13. The van der Waals surface area contributed by atoms with Crippen LogP contribution < -0.4 is 5.32 Å². The van der Waals surface area contributed by atoms with Crippen LogP contribution in [0, 0.1) is 6.92 Å². The van der Waals surface area contributed by atoms with Gasteiger partial charge in [-0.25, -0.2) is 0 Å². The van der Waals surface area contributed by atoms with Gasteiger partial charge in [0.2, 0.25) is 0 Å². The van der Waals surface area contributed by atoms with Gasteiger partial charge in [0.1, 0.15) is 0 Å². The third-order valence-electron chi connectivity index (χ3n) is 3.84. The number of ether oxygens (including phenoxy) is 1. The third-order valence-corrected chi connectivity index (χ3v) is 3.84. The van der Waals surface area contributed by atoms with Crippen molar-refractivity contribution in [3.05, 3.63) is 17.5 Å². The highest BCUT2D eigenvalue weighted by molar-refractivity contribution is 5.11. The second kappa shape index (κ2) is 7.06. The van der Waals surface area contributed by atoms with E-state index in [9.17, 15) is 0 Å². The normalized spacial score (nSPS) is 21.5. The molecule has 0 saturated carbocycles. The van der Waals surface area contributed by atoms with Crippen molar-refractivity contribution in [3.8, 4) is 0 Å². The topological polar surface area (TPSA) is 39.1 Å². The molecule has 2 unspecified atom stereocenters. The molecule has 4 heteroatoms. The maximum atomic E-state index is 5.95. The van der Waals surface area contributed by atoms with Gasteiger partial charge < -0.3 is 10.1 Å². The zero-order valence-corrected chi connectivity index (χ0v) is 12.5. The van der Waals surface area contributed by atoms with E-state index in [0.717, 1.165) is 31.8 Å². The minimum Gasteiger partial charge on any atom is -0.377 e. The molecule has 1 aromatic heterocycles. The molecule has 0 aromatic carbocycles. The second-order valence-corrected chi connectivity index (χ2v) is 5.37. The van der Waals surface area contributed by atoms with Gasteiger partial charge in [0, 0.05) is 31.3 Å². The van der Waals surface area contributed by atoms with Gasteiger partial charge in [0.05, 0.1) is 11.8 Å². The van der Waals surface area contributed by atoms with Gasteiger partial charge in [-0.2, -0.15) is 5.10 Å². The molecule has 1 aliphatic heterocycles. The molecule has 108 valence electrons. The molecule has 0 bridgehead atoms. The van der Waals surface area contributed by atoms with Gasteiger partial charge in [-0.05, 0) is 45.7 Å². The summed E-state index contributed by atoms with van der Waals surface area (Å²) in [6.45, 7) is 9.22. The maximum Gasteiger partial charge on any atom is 0.0731 e. The summed E-state index contributed by atoms with van der Waals surface area (Å²) in [5.74, 6) is 0. The van der Waals surface area contributed by atoms with Crippen molar-refractivity contribution in [1.82, 2.24) is 15.1 Å². The number of hydrogen-bond acceptors (Lipinski definition) is 3. The van der Waals surface area contributed by atoms with Crippen molar-refractivity contribution in [3.63, 3.8) is 0 Å². The first-order chi connectivity index (χ1) is 9.24. The average Bonchev–Trinajstić information content (AvgIpc) is 2.79. The van der Waals surface area contributed by atoms with E-state index in [2.05, 4.69) is 41.9 Å². The van der Waals surface area contributed by atoms with Crippen LogP contribution in [0.3, 0.4) is 0 Å². The van der Waals surface area contributed by atoms with Crippen LogP contribution in [0.2, 0.25) is 0 Å². The van der Waals surface area contributed by atoms with Crippen molar-refractivity contribution in [2.45, 2.75) is 65.1 Å². The minimum absolute atomic E-state index is 0.356. The van der Waals surface area contributed by atoms with E-state index in [4.69, 9.17) is 4.74 Å². The average molecular weight is 265 g/mol. The molecule has 19 heavy (non-hydrogen) atoms.